The predicted octanol–water partition coefficient (Wildman–Crippen LogP) is -1.96. The molecule has 0 aliphatic carbocycles. The van der Waals surface area contributed by atoms with Crippen LogP contribution in [0.4, 0.5) is 0 Å². The first-order valence-electron chi connectivity index (χ1n) is 3.37. The summed E-state index contributed by atoms with van der Waals surface area (Å²) in [5, 5.41) is 0. The van der Waals surface area contributed by atoms with E-state index in [2.05, 4.69) is 11.0 Å². The van der Waals surface area contributed by atoms with E-state index in [0.29, 0.717) is 12.0 Å². The van der Waals surface area contributed by atoms with Crippen LogP contribution in [-0.2, 0) is 4.79 Å². The van der Waals surface area contributed by atoms with Crippen LogP contribution in [0.2, 0.25) is 0 Å². The molecule has 0 heterocycles. The van der Waals surface area contributed by atoms with Gasteiger partial charge in [-0.2, -0.15) is 0 Å². The molecule has 0 saturated carbocycles. The molecule has 11 heavy (non-hydrogen) atoms. The molecule has 2 N–H and O–H groups in total. The molecule has 0 spiro atoms. The fourth-order valence-electron chi connectivity index (χ4n) is 0.527. The third kappa shape index (κ3) is 6.09. The third-order valence-corrected chi connectivity index (χ3v) is 3.24. The van der Waals surface area contributed by atoms with E-state index in [9.17, 15) is 4.79 Å². The van der Waals surface area contributed by atoms with Crippen molar-refractivity contribution in [3.05, 3.63) is 21.4 Å². The Morgan fingerprint density at radius 2 is 2.27 bits per heavy atom. The van der Waals surface area contributed by atoms with Gasteiger partial charge in [0.05, 0.1) is 0 Å². The average Bonchev–Trinajstić information content (AvgIpc) is 2.00. The van der Waals surface area contributed by atoms with Crippen LogP contribution in [0.1, 0.15) is 13.8 Å². The molecule has 64 valence electrons. The van der Waals surface area contributed by atoms with Gasteiger partial charge in [0.1, 0.15) is 0 Å². The maximum absolute atomic E-state index is 10.1. The molecular weight excluding hydrogens is 253 g/mol. The van der Waals surface area contributed by atoms with Crippen molar-refractivity contribution in [2.75, 3.05) is 4.43 Å². The molecule has 0 aliphatic rings. The quantitative estimate of drug-likeness (QED) is 0.211. The van der Waals surface area contributed by atoms with Crippen LogP contribution in [0.3, 0.4) is 0 Å². The molecule has 0 amide bonds. The molecule has 0 fully saturated rings. The van der Waals surface area contributed by atoms with Crippen molar-refractivity contribution in [1.29, 1.82) is 0 Å². The Morgan fingerprint density at radius 1 is 1.64 bits per heavy atom. The van der Waals surface area contributed by atoms with E-state index < -0.39 is 0 Å². The van der Waals surface area contributed by atoms with Gasteiger partial charge < -0.3 is 0 Å². The summed E-state index contributed by atoms with van der Waals surface area (Å²) in [6.45, 7) is 4.12. The van der Waals surface area contributed by atoms with Gasteiger partial charge in [-0.25, -0.2) is 0 Å². The zero-order chi connectivity index (χ0) is 8.69. The van der Waals surface area contributed by atoms with E-state index in [1.165, 1.54) is 4.43 Å². The van der Waals surface area contributed by atoms with Crippen molar-refractivity contribution < 1.29 is 26.0 Å². The first kappa shape index (κ1) is 10.7. The molecule has 3 heteroatoms. The van der Waals surface area contributed by atoms with E-state index in [1.807, 2.05) is 6.92 Å². The number of aldehydes is 1. The number of carbonyl (C=O) groups is 1. The second-order valence-electron chi connectivity index (χ2n) is 2.04. The van der Waals surface area contributed by atoms with Gasteiger partial charge >= 0.3 is 77.7 Å². The maximum atomic E-state index is 10.1. The predicted molar refractivity (Wildman–Crippen MR) is 42.6 cm³/mol. The number of hydrogen-bond donors (Lipinski definition) is 1. The fourth-order valence-corrected chi connectivity index (χ4v) is 1.84. The number of rotatable bonds is 4. The molecule has 0 radical (unpaired) electrons. The van der Waals surface area contributed by atoms with Crippen molar-refractivity contribution in [3.8, 4) is 0 Å². The number of hydrogen-bond acceptors (Lipinski definition) is 2. The van der Waals surface area contributed by atoms with Gasteiger partial charge in [-0.1, -0.05) is 0 Å². The normalized spacial score (nSPS) is 13.6. The summed E-state index contributed by atoms with van der Waals surface area (Å²) in [5.41, 5.74) is 6.72. The first-order valence-corrected chi connectivity index (χ1v) is 6.14. The topological polar surface area (TPSA) is 43.1 Å². The summed E-state index contributed by atoms with van der Waals surface area (Å²) in [7, 11) is 0. The molecule has 0 aromatic carbocycles. The number of allylic oxidation sites excluding steroid dienone is 3. The number of alkyl halides is 1. The number of carbonyl (C=O) groups excluding carboxylic acids is 1. The molecule has 0 rings (SSSR count). The Bertz CT molecular complexity index is 185. The second kappa shape index (κ2) is 6.39. The Balaban J connectivity index is 4.03. The van der Waals surface area contributed by atoms with Crippen LogP contribution in [-0.4, -0.2) is 10.7 Å². The molecule has 0 atom stereocenters. The third-order valence-electron chi connectivity index (χ3n) is 0.934. The van der Waals surface area contributed by atoms with Gasteiger partial charge in [0, 0.05) is 0 Å². The zero-order valence-corrected chi connectivity index (χ0v) is 8.96. The SMILES string of the molecule is CC[I-]/C=C(C)\C=C(/N)C=O. The monoisotopic (exact) mass is 266 g/mol. The second-order valence-corrected chi connectivity index (χ2v) is 5.07. The Morgan fingerprint density at radius 3 is 2.73 bits per heavy atom. The molecule has 0 aromatic rings. The summed E-state index contributed by atoms with van der Waals surface area (Å²) in [6.07, 6.45) is 2.38. The minimum absolute atomic E-state index is 0.172. The molecule has 0 unspecified atom stereocenters. The van der Waals surface area contributed by atoms with Crippen LogP contribution in [0.25, 0.3) is 0 Å². The standard InChI is InChI=1S/C8H13INO/c1-3-9-5-7(2)4-8(10)6-11/h4-6H,3,10H2,1-2H3/q-1/b7-5-,8-4-. The van der Waals surface area contributed by atoms with Gasteiger partial charge in [0.2, 0.25) is 0 Å². The van der Waals surface area contributed by atoms with Crippen molar-refractivity contribution in [2.24, 2.45) is 5.73 Å². The Kier molecular flexibility index (Phi) is 6.21. The number of nitrogens with two attached hydrogens (primary N) is 1. The number of halogens is 1. The summed E-state index contributed by atoms with van der Waals surface area (Å²) < 4.78 is 3.40. The van der Waals surface area contributed by atoms with Crippen molar-refractivity contribution in [1.82, 2.24) is 0 Å². The molecule has 2 nitrogen and oxygen atoms in total. The zero-order valence-electron chi connectivity index (χ0n) is 6.80. The van der Waals surface area contributed by atoms with E-state index in [0.717, 1.165) is 5.57 Å². The van der Waals surface area contributed by atoms with Crippen molar-refractivity contribution in [3.63, 3.8) is 0 Å². The molecule has 0 saturated heterocycles. The Hall–Kier alpha value is -0.320. The van der Waals surface area contributed by atoms with Crippen LogP contribution >= 0.6 is 0 Å². The van der Waals surface area contributed by atoms with E-state index in [4.69, 9.17) is 5.73 Å². The first-order chi connectivity index (χ1) is 5.20. The van der Waals surface area contributed by atoms with Gasteiger partial charge in [0.15, 0.2) is 0 Å². The minimum atomic E-state index is 0.172. The van der Waals surface area contributed by atoms with E-state index in [-0.39, 0.29) is 21.2 Å². The summed E-state index contributed by atoms with van der Waals surface area (Å²) >= 11 is 0.172. The van der Waals surface area contributed by atoms with Crippen LogP contribution in [0.5, 0.6) is 0 Å². The van der Waals surface area contributed by atoms with Crippen LogP contribution < -0.4 is 26.9 Å². The Labute approximate surface area is 77.8 Å². The fraction of sp³-hybridized carbons (Fsp3) is 0.375. The molecule has 0 aromatic heterocycles. The molecule has 0 bridgehead atoms. The van der Waals surface area contributed by atoms with E-state index in [1.54, 1.807) is 6.08 Å². The summed E-state index contributed by atoms with van der Waals surface area (Å²) in [6, 6.07) is 0. The molecular formula is C8H13INO-. The summed E-state index contributed by atoms with van der Waals surface area (Å²) in [5.74, 6) is 0. The van der Waals surface area contributed by atoms with Crippen molar-refractivity contribution >= 4 is 6.29 Å². The van der Waals surface area contributed by atoms with Gasteiger partial charge in [-0.05, 0) is 0 Å². The van der Waals surface area contributed by atoms with Gasteiger partial charge in [-0.3, -0.25) is 0 Å². The van der Waals surface area contributed by atoms with Crippen LogP contribution in [0.15, 0.2) is 21.4 Å². The van der Waals surface area contributed by atoms with Crippen molar-refractivity contribution in [2.45, 2.75) is 13.8 Å². The molecule has 0 aliphatic heterocycles. The van der Waals surface area contributed by atoms with Gasteiger partial charge in [0.25, 0.3) is 0 Å². The van der Waals surface area contributed by atoms with Crippen LogP contribution in [0, 0.1) is 0 Å². The van der Waals surface area contributed by atoms with Gasteiger partial charge in [-0.15, -0.1) is 0 Å². The average molecular weight is 266 g/mol. The summed E-state index contributed by atoms with van der Waals surface area (Å²) in [4.78, 5) is 10.1. The van der Waals surface area contributed by atoms with E-state index >= 15 is 0 Å².